The number of benzene rings is 2. The van der Waals surface area contributed by atoms with Gasteiger partial charge in [-0.1, -0.05) is 36.4 Å². The SMILES string of the molecule is O=C(NCCCC1CC(Cc2ccccc2)CCN1)Nc1cccc(C(=O)O)c1. The van der Waals surface area contributed by atoms with E-state index in [1.54, 1.807) is 12.1 Å². The van der Waals surface area contributed by atoms with Gasteiger partial charge in [0.05, 0.1) is 5.56 Å². The molecule has 1 aliphatic rings. The van der Waals surface area contributed by atoms with Gasteiger partial charge in [0.15, 0.2) is 0 Å². The van der Waals surface area contributed by atoms with Crippen LogP contribution in [0.25, 0.3) is 0 Å². The Balaban J connectivity index is 1.35. The molecule has 2 atom stereocenters. The summed E-state index contributed by atoms with van der Waals surface area (Å²) < 4.78 is 0. The predicted molar refractivity (Wildman–Crippen MR) is 114 cm³/mol. The van der Waals surface area contributed by atoms with E-state index in [9.17, 15) is 9.59 Å². The van der Waals surface area contributed by atoms with Crippen molar-refractivity contribution in [1.29, 1.82) is 0 Å². The van der Waals surface area contributed by atoms with Gasteiger partial charge >= 0.3 is 12.0 Å². The number of amides is 2. The van der Waals surface area contributed by atoms with E-state index in [2.05, 4.69) is 46.3 Å². The van der Waals surface area contributed by atoms with Crippen molar-refractivity contribution >= 4 is 17.7 Å². The summed E-state index contributed by atoms with van der Waals surface area (Å²) in [6.45, 7) is 1.64. The fourth-order valence-corrected chi connectivity index (χ4v) is 3.90. The first-order chi connectivity index (χ1) is 14.1. The van der Waals surface area contributed by atoms with Crippen LogP contribution in [-0.4, -0.2) is 36.2 Å². The zero-order valence-corrected chi connectivity index (χ0v) is 16.6. The molecule has 29 heavy (non-hydrogen) atoms. The molecule has 3 rings (SSSR count). The molecule has 154 valence electrons. The van der Waals surface area contributed by atoms with Gasteiger partial charge in [-0.05, 0) is 68.3 Å². The molecule has 0 spiro atoms. The summed E-state index contributed by atoms with van der Waals surface area (Å²) in [6.07, 6.45) is 5.44. The monoisotopic (exact) mass is 395 g/mol. The second-order valence-electron chi connectivity index (χ2n) is 7.64. The summed E-state index contributed by atoms with van der Waals surface area (Å²) >= 11 is 0. The van der Waals surface area contributed by atoms with Gasteiger partial charge in [0.25, 0.3) is 0 Å². The Morgan fingerprint density at radius 2 is 1.93 bits per heavy atom. The highest BCUT2D eigenvalue weighted by atomic mass is 16.4. The number of urea groups is 1. The highest BCUT2D eigenvalue weighted by molar-refractivity contribution is 5.93. The van der Waals surface area contributed by atoms with E-state index in [1.165, 1.54) is 30.5 Å². The van der Waals surface area contributed by atoms with Gasteiger partial charge in [0.1, 0.15) is 0 Å². The molecular formula is C23H29N3O3. The molecule has 6 nitrogen and oxygen atoms in total. The Kier molecular flexibility index (Phi) is 7.64. The zero-order chi connectivity index (χ0) is 20.5. The summed E-state index contributed by atoms with van der Waals surface area (Å²) in [5.41, 5.74) is 2.03. The Morgan fingerprint density at radius 3 is 2.72 bits per heavy atom. The molecule has 2 aromatic carbocycles. The first-order valence-electron chi connectivity index (χ1n) is 10.3. The van der Waals surface area contributed by atoms with Crippen molar-refractivity contribution in [3.8, 4) is 0 Å². The number of nitrogens with one attached hydrogen (secondary N) is 3. The molecule has 6 heteroatoms. The van der Waals surface area contributed by atoms with Crippen molar-refractivity contribution in [2.75, 3.05) is 18.4 Å². The van der Waals surface area contributed by atoms with Crippen molar-refractivity contribution in [2.45, 2.75) is 38.1 Å². The number of carbonyl (C=O) groups is 2. The minimum absolute atomic E-state index is 0.149. The van der Waals surface area contributed by atoms with Crippen LogP contribution in [0.15, 0.2) is 54.6 Å². The number of rotatable bonds is 8. The molecule has 2 aromatic rings. The van der Waals surface area contributed by atoms with Crippen molar-refractivity contribution < 1.29 is 14.7 Å². The average Bonchev–Trinajstić information content (AvgIpc) is 2.72. The Labute approximate surface area is 171 Å². The quantitative estimate of drug-likeness (QED) is 0.510. The van der Waals surface area contributed by atoms with Gasteiger partial charge in [-0.3, -0.25) is 0 Å². The van der Waals surface area contributed by atoms with Crippen molar-refractivity contribution in [1.82, 2.24) is 10.6 Å². The number of carbonyl (C=O) groups excluding carboxylic acids is 1. The Bertz CT molecular complexity index is 810. The maximum absolute atomic E-state index is 12.0. The lowest BCUT2D eigenvalue weighted by molar-refractivity contribution is 0.0697. The van der Waals surface area contributed by atoms with Crippen LogP contribution in [-0.2, 0) is 6.42 Å². The lowest BCUT2D eigenvalue weighted by Gasteiger charge is -2.30. The molecule has 0 saturated carbocycles. The molecule has 0 radical (unpaired) electrons. The molecule has 0 aliphatic carbocycles. The molecule has 0 bridgehead atoms. The Hall–Kier alpha value is -2.86. The molecule has 1 heterocycles. The van der Waals surface area contributed by atoms with Crippen LogP contribution in [0.3, 0.4) is 0 Å². The number of carboxylic acid groups (broad SMARTS) is 1. The van der Waals surface area contributed by atoms with E-state index < -0.39 is 5.97 Å². The molecule has 1 saturated heterocycles. The van der Waals surface area contributed by atoms with Crippen LogP contribution in [0.5, 0.6) is 0 Å². The second-order valence-corrected chi connectivity index (χ2v) is 7.64. The van der Waals surface area contributed by atoms with Gasteiger partial charge in [0, 0.05) is 18.3 Å². The normalized spacial score (nSPS) is 18.8. The number of carboxylic acids is 1. The third kappa shape index (κ3) is 6.91. The first kappa shape index (κ1) is 20.9. The maximum atomic E-state index is 12.0. The maximum Gasteiger partial charge on any atom is 0.335 e. The summed E-state index contributed by atoms with van der Waals surface area (Å²) in [4.78, 5) is 23.0. The lowest BCUT2D eigenvalue weighted by atomic mass is 9.86. The number of aromatic carboxylic acids is 1. The summed E-state index contributed by atoms with van der Waals surface area (Å²) in [5, 5.41) is 18.1. The Morgan fingerprint density at radius 1 is 1.10 bits per heavy atom. The van der Waals surface area contributed by atoms with E-state index in [0.717, 1.165) is 25.8 Å². The van der Waals surface area contributed by atoms with E-state index in [-0.39, 0.29) is 11.6 Å². The number of anilines is 1. The molecule has 0 aromatic heterocycles. The third-order valence-corrected chi connectivity index (χ3v) is 5.35. The van der Waals surface area contributed by atoms with Crippen LogP contribution in [0.2, 0.25) is 0 Å². The third-order valence-electron chi connectivity index (χ3n) is 5.35. The first-order valence-corrected chi connectivity index (χ1v) is 10.3. The average molecular weight is 396 g/mol. The highest BCUT2D eigenvalue weighted by Gasteiger charge is 2.21. The molecule has 1 fully saturated rings. The zero-order valence-electron chi connectivity index (χ0n) is 16.6. The molecular weight excluding hydrogens is 366 g/mol. The van der Waals surface area contributed by atoms with Gasteiger partial charge in [-0.25, -0.2) is 9.59 Å². The van der Waals surface area contributed by atoms with E-state index >= 15 is 0 Å². The van der Waals surface area contributed by atoms with Gasteiger partial charge in [-0.2, -0.15) is 0 Å². The summed E-state index contributed by atoms with van der Waals surface area (Å²) in [7, 11) is 0. The van der Waals surface area contributed by atoms with Crippen LogP contribution < -0.4 is 16.0 Å². The fraction of sp³-hybridized carbons (Fsp3) is 0.391. The highest BCUT2D eigenvalue weighted by Crippen LogP contribution is 2.23. The van der Waals surface area contributed by atoms with E-state index in [1.807, 2.05) is 0 Å². The van der Waals surface area contributed by atoms with E-state index in [4.69, 9.17) is 5.11 Å². The molecule has 4 N–H and O–H groups in total. The largest absolute Gasteiger partial charge is 0.478 e. The molecule has 1 aliphatic heterocycles. The molecule has 2 amide bonds. The van der Waals surface area contributed by atoms with Gasteiger partial charge < -0.3 is 21.1 Å². The summed E-state index contributed by atoms with van der Waals surface area (Å²) in [5.74, 6) is -0.305. The number of hydrogen-bond acceptors (Lipinski definition) is 3. The molecule has 2 unspecified atom stereocenters. The van der Waals surface area contributed by atoms with Crippen molar-refractivity contribution in [3.05, 3.63) is 65.7 Å². The second kappa shape index (κ2) is 10.6. The topological polar surface area (TPSA) is 90.5 Å². The minimum atomic E-state index is -1.01. The van der Waals surface area contributed by atoms with Gasteiger partial charge in [-0.15, -0.1) is 0 Å². The smallest absolute Gasteiger partial charge is 0.335 e. The number of hydrogen-bond donors (Lipinski definition) is 4. The van der Waals surface area contributed by atoms with Crippen LogP contribution >= 0.6 is 0 Å². The van der Waals surface area contributed by atoms with E-state index in [0.29, 0.717) is 24.2 Å². The lowest BCUT2D eigenvalue weighted by Crippen LogP contribution is -2.39. The van der Waals surface area contributed by atoms with Crippen LogP contribution in [0.1, 0.15) is 41.6 Å². The van der Waals surface area contributed by atoms with Crippen LogP contribution in [0, 0.1) is 5.92 Å². The van der Waals surface area contributed by atoms with Crippen molar-refractivity contribution in [2.24, 2.45) is 5.92 Å². The minimum Gasteiger partial charge on any atom is -0.478 e. The standard InChI is InChI=1S/C23H29N3O3/c27-22(28)19-8-4-9-21(16-19)26-23(29)25-12-5-10-20-15-18(11-13-24-20)14-17-6-2-1-3-7-17/h1-4,6-9,16,18,20,24H,5,10-15H2,(H,27,28)(H2,25,26,29). The predicted octanol–water partition coefficient (Wildman–Crippen LogP) is 3.90. The fourth-order valence-electron chi connectivity index (χ4n) is 3.90. The van der Waals surface area contributed by atoms with Crippen molar-refractivity contribution in [3.63, 3.8) is 0 Å². The number of piperidine rings is 1. The summed E-state index contributed by atoms with van der Waals surface area (Å²) in [6, 6.07) is 17.1. The van der Waals surface area contributed by atoms with Gasteiger partial charge in [0.2, 0.25) is 0 Å². The van der Waals surface area contributed by atoms with Crippen LogP contribution in [0.4, 0.5) is 10.5 Å².